The van der Waals surface area contributed by atoms with Gasteiger partial charge in [-0.15, -0.1) is 0 Å². The van der Waals surface area contributed by atoms with Crippen LogP contribution in [-0.2, 0) is 10.0 Å². The highest BCUT2D eigenvalue weighted by molar-refractivity contribution is 7.89. The van der Waals surface area contributed by atoms with Crippen LogP contribution in [0.4, 0.5) is 5.69 Å². The number of sulfonamides is 1. The summed E-state index contributed by atoms with van der Waals surface area (Å²) in [5.74, 6) is -0.338. The van der Waals surface area contributed by atoms with E-state index in [1.807, 2.05) is 6.92 Å². The summed E-state index contributed by atoms with van der Waals surface area (Å²) >= 11 is 12.1. The number of hydrogen-bond donors (Lipinski definition) is 1. The zero-order valence-corrected chi connectivity index (χ0v) is 20.2. The van der Waals surface area contributed by atoms with Gasteiger partial charge in [-0.25, -0.2) is 12.7 Å². The summed E-state index contributed by atoms with van der Waals surface area (Å²) in [7, 11) is -0.724. The Balaban J connectivity index is 1.96. The number of nitrogens with zero attached hydrogens (tertiary/aromatic N) is 2. The van der Waals surface area contributed by atoms with Crippen molar-refractivity contribution in [2.75, 3.05) is 32.1 Å². The summed E-state index contributed by atoms with van der Waals surface area (Å²) < 4.78 is 26.5. The van der Waals surface area contributed by atoms with E-state index in [0.29, 0.717) is 15.6 Å². The van der Waals surface area contributed by atoms with Crippen molar-refractivity contribution in [2.45, 2.75) is 37.1 Å². The molecular formula is C22H27Cl2N3O3S. The molecule has 2 aromatic rings. The Morgan fingerprint density at radius 2 is 1.71 bits per heavy atom. The molecule has 31 heavy (non-hydrogen) atoms. The summed E-state index contributed by atoms with van der Waals surface area (Å²) in [6.07, 6.45) is 3.23. The van der Waals surface area contributed by atoms with E-state index in [0.717, 1.165) is 47.9 Å². The predicted molar refractivity (Wildman–Crippen MR) is 126 cm³/mol. The van der Waals surface area contributed by atoms with Crippen molar-refractivity contribution in [3.8, 4) is 0 Å². The summed E-state index contributed by atoms with van der Waals surface area (Å²) in [6.45, 7) is 3.52. The normalized spacial score (nSPS) is 15.7. The van der Waals surface area contributed by atoms with Crippen LogP contribution in [0.25, 0.3) is 0 Å². The van der Waals surface area contributed by atoms with Gasteiger partial charge in [0.15, 0.2) is 0 Å². The molecule has 1 fully saturated rings. The van der Waals surface area contributed by atoms with E-state index in [1.165, 1.54) is 20.2 Å². The van der Waals surface area contributed by atoms with Crippen molar-refractivity contribution in [3.63, 3.8) is 0 Å². The third-order valence-electron chi connectivity index (χ3n) is 5.48. The zero-order valence-electron chi connectivity index (χ0n) is 17.9. The van der Waals surface area contributed by atoms with Crippen molar-refractivity contribution in [3.05, 3.63) is 57.6 Å². The van der Waals surface area contributed by atoms with E-state index < -0.39 is 10.0 Å². The second-order valence-electron chi connectivity index (χ2n) is 7.88. The molecule has 2 aromatic carbocycles. The number of amides is 1. The van der Waals surface area contributed by atoms with Crippen LogP contribution in [0.2, 0.25) is 10.0 Å². The molecule has 6 nitrogen and oxygen atoms in total. The van der Waals surface area contributed by atoms with E-state index in [-0.39, 0.29) is 16.8 Å². The van der Waals surface area contributed by atoms with Gasteiger partial charge in [0.1, 0.15) is 0 Å². The topological polar surface area (TPSA) is 69.7 Å². The van der Waals surface area contributed by atoms with Crippen LogP contribution in [0, 0.1) is 0 Å². The Morgan fingerprint density at radius 3 is 2.32 bits per heavy atom. The molecule has 0 bridgehead atoms. The number of nitrogens with one attached hydrogen (secondary N) is 1. The van der Waals surface area contributed by atoms with Crippen LogP contribution in [0.3, 0.4) is 0 Å². The van der Waals surface area contributed by atoms with Gasteiger partial charge in [0, 0.05) is 32.9 Å². The standard InChI is InChI=1S/C22H27Cl2N3O3S/c1-15(16-7-9-19(23)20(24)13-16)25-22(28)18-14-17(31(29,30)26(2)3)8-10-21(18)27-11-5-4-6-12-27/h7-10,13-15H,4-6,11-12H2,1-3H3,(H,25,28). The molecule has 1 unspecified atom stereocenters. The first-order valence-electron chi connectivity index (χ1n) is 10.2. The third-order valence-corrected chi connectivity index (χ3v) is 8.03. The monoisotopic (exact) mass is 483 g/mol. The SMILES string of the molecule is CC(NC(=O)c1cc(S(=O)(=O)N(C)C)ccc1N1CCCCC1)c1ccc(Cl)c(Cl)c1. The van der Waals surface area contributed by atoms with Crippen molar-refractivity contribution in [1.29, 1.82) is 0 Å². The van der Waals surface area contributed by atoms with Gasteiger partial charge in [-0.3, -0.25) is 4.79 Å². The first-order valence-corrected chi connectivity index (χ1v) is 12.4. The molecule has 0 aromatic heterocycles. The lowest BCUT2D eigenvalue weighted by atomic mass is 10.0. The second-order valence-corrected chi connectivity index (χ2v) is 10.8. The molecule has 1 atom stereocenters. The molecular weight excluding hydrogens is 457 g/mol. The van der Waals surface area contributed by atoms with Crippen LogP contribution in [0.15, 0.2) is 41.3 Å². The maximum absolute atomic E-state index is 13.3. The number of halogens is 2. The highest BCUT2D eigenvalue weighted by atomic mass is 35.5. The van der Waals surface area contributed by atoms with E-state index in [9.17, 15) is 13.2 Å². The molecule has 168 valence electrons. The number of carbonyl (C=O) groups excluding carboxylic acids is 1. The fourth-order valence-corrected chi connectivity index (χ4v) is 4.85. The average molecular weight is 484 g/mol. The fraction of sp³-hybridized carbons (Fsp3) is 0.409. The molecule has 0 saturated carbocycles. The predicted octanol–water partition coefficient (Wildman–Crippen LogP) is 4.73. The summed E-state index contributed by atoms with van der Waals surface area (Å²) in [4.78, 5) is 15.5. The quantitative estimate of drug-likeness (QED) is 0.644. The molecule has 1 N–H and O–H groups in total. The van der Waals surface area contributed by atoms with Gasteiger partial charge in [-0.1, -0.05) is 29.3 Å². The Kier molecular flexibility index (Phi) is 7.52. The average Bonchev–Trinajstić information content (AvgIpc) is 2.75. The lowest BCUT2D eigenvalue weighted by Gasteiger charge is -2.31. The maximum atomic E-state index is 13.3. The van der Waals surface area contributed by atoms with Gasteiger partial charge >= 0.3 is 0 Å². The largest absolute Gasteiger partial charge is 0.371 e. The minimum absolute atomic E-state index is 0.0885. The van der Waals surface area contributed by atoms with Crippen molar-refractivity contribution in [1.82, 2.24) is 9.62 Å². The Morgan fingerprint density at radius 1 is 1.03 bits per heavy atom. The summed E-state index contributed by atoms with van der Waals surface area (Å²) in [5.41, 5.74) is 1.90. The molecule has 0 radical (unpaired) electrons. The minimum Gasteiger partial charge on any atom is -0.371 e. The van der Waals surface area contributed by atoms with Crippen LogP contribution < -0.4 is 10.2 Å². The van der Waals surface area contributed by atoms with Crippen LogP contribution in [0.1, 0.15) is 48.1 Å². The highest BCUT2D eigenvalue weighted by Gasteiger charge is 2.25. The lowest BCUT2D eigenvalue weighted by Crippen LogP contribution is -2.34. The van der Waals surface area contributed by atoms with E-state index in [1.54, 1.807) is 30.3 Å². The van der Waals surface area contributed by atoms with E-state index >= 15 is 0 Å². The van der Waals surface area contributed by atoms with Crippen molar-refractivity contribution >= 4 is 44.8 Å². The van der Waals surface area contributed by atoms with Gasteiger partial charge < -0.3 is 10.2 Å². The number of benzene rings is 2. The van der Waals surface area contributed by atoms with Crippen LogP contribution in [0.5, 0.6) is 0 Å². The minimum atomic E-state index is -3.67. The van der Waals surface area contributed by atoms with Crippen LogP contribution >= 0.6 is 23.2 Å². The molecule has 3 rings (SSSR count). The number of hydrogen-bond acceptors (Lipinski definition) is 4. The number of rotatable bonds is 6. The number of piperidine rings is 1. The van der Waals surface area contributed by atoms with Gasteiger partial charge in [0.2, 0.25) is 10.0 Å². The van der Waals surface area contributed by atoms with Crippen molar-refractivity contribution in [2.24, 2.45) is 0 Å². The van der Waals surface area contributed by atoms with Gasteiger partial charge in [-0.05, 0) is 62.1 Å². The van der Waals surface area contributed by atoms with E-state index in [2.05, 4.69) is 10.2 Å². The Labute approximate surface area is 194 Å². The Bertz CT molecular complexity index is 1070. The van der Waals surface area contributed by atoms with Crippen molar-refractivity contribution < 1.29 is 13.2 Å². The first kappa shape index (κ1) is 23.9. The smallest absolute Gasteiger partial charge is 0.253 e. The maximum Gasteiger partial charge on any atom is 0.253 e. The first-order chi connectivity index (χ1) is 14.6. The summed E-state index contributed by atoms with van der Waals surface area (Å²) in [5, 5.41) is 3.82. The lowest BCUT2D eigenvalue weighted by molar-refractivity contribution is 0.0940. The number of anilines is 1. The highest BCUT2D eigenvalue weighted by Crippen LogP contribution is 2.29. The zero-order chi connectivity index (χ0) is 22.8. The molecule has 9 heteroatoms. The van der Waals surface area contributed by atoms with E-state index in [4.69, 9.17) is 23.2 Å². The number of carbonyl (C=O) groups is 1. The third kappa shape index (κ3) is 5.34. The Hall–Kier alpha value is -1.80. The second kappa shape index (κ2) is 9.77. The fourth-order valence-electron chi connectivity index (χ4n) is 3.62. The molecule has 1 heterocycles. The molecule has 1 aliphatic rings. The summed E-state index contributed by atoms with van der Waals surface area (Å²) in [6, 6.07) is 9.64. The molecule has 1 aliphatic heterocycles. The molecule has 0 aliphatic carbocycles. The van der Waals surface area contributed by atoms with Gasteiger partial charge in [0.05, 0.1) is 26.5 Å². The van der Waals surface area contributed by atoms with Gasteiger partial charge in [0.25, 0.3) is 5.91 Å². The van der Waals surface area contributed by atoms with Gasteiger partial charge in [-0.2, -0.15) is 0 Å². The van der Waals surface area contributed by atoms with Crippen LogP contribution in [-0.4, -0.2) is 45.8 Å². The molecule has 0 spiro atoms. The molecule has 1 saturated heterocycles. The molecule has 1 amide bonds.